The molecule has 2 aromatic heterocycles. The van der Waals surface area contributed by atoms with E-state index in [0.717, 1.165) is 26.4 Å². The number of aryl methyl sites for hydroxylation is 4. The van der Waals surface area contributed by atoms with Gasteiger partial charge in [0.1, 0.15) is 9.71 Å². The van der Waals surface area contributed by atoms with Crippen LogP contribution in [0.3, 0.4) is 0 Å². The molecule has 20 heavy (non-hydrogen) atoms. The van der Waals surface area contributed by atoms with Gasteiger partial charge in [0.05, 0.1) is 5.52 Å². The van der Waals surface area contributed by atoms with E-state index in [4.69, 9.17) is 4.98 Å². The molecule has 0 fully saturated rings. The van der Waals surface area contributed by atoms with Gasteiger partial charge in [-0.15, -0.1) is 11.3 Å². The second-order valence-corrected chi connectivity index (χ2v) is 6.23. The quantitative estimate of drug-likeness (QED) is 0.724. The van der Waals surface area contributed by atoms with Crippen molar-refractivity contribution in [3.63, 3.8) is 0 Å². The molecule has 0 radical (unpaired) electrons. The maximum atomic E-state index is 9.90. The van der Waals surface area contributed by atoms with E-state index in [1.54, 1.807) is 6.20 Å². The molecule has 1 aromatic carbocycles. The van der Waals surface area contributed by atoms with E-state index < -0.39 is 0 Å². The highest BCUT2D eigenvalue weighted by atomic mass is 32.1. The maximum absolute atomic E-state index is 9.90. The number of thiazole rings is 1. The van der Waals surface area contributed by atoms with Crippen LogP contribution in [0.1, 0.15) is 22.3 Å². The number of fused-ring (bicyclic) bond motifs is 1. The topological polar surface area (TPSA) is 46.0 Å². The van der Waals surface area contributed by atoms with Gasteiger partial charge in [-0.2, -0.15) is 0 Å². The van der Waals surface area contributed by atoms with Crippen molar-refractivity contribution in [2.45, 2.75) is 27.7 Å². The highest BCUT2D eigenvalue weighted by Gasteiger charge is 2.15. The fraction of sp³-hybridized carbons (Fsp3) is 0.250. The van der Waals surface area contributed by atoms with Crippen LogP contribution in [0.4, 0.5) is 0 Å². The summed E-state index contributed by atoms with van der Waals surface area (Å²) >= 11 is 1.50. The zero-order valence-electron chi connectivity index (χ0n) is 12.0. The number of pyridine rings is 1. The Balaban J connectivity index is 2.31. The molecule has 1 N–H and O–H groups in total. The molecule has 0 unspecified atom stereocenters. The largest absolute Gasteiger partial charge is 0.492 e. The molecule has 0 amide bonds. The smallest absolute Gasteiger partial charge is 0.230 e. The molecule has 2 heterocycles. The highest BCUT2D eigenvalue weighted by Crippen LogP contribution is 2.38. The lowest BCUT2D eigenvalue weighted by Crippen LogP contribution is -1.89. The minimum absolute atomic E-state index is 0.0665. The van der Waals surface area contributed by atoms with Crippen molar-refractivity contribution in [2.24, 2.45) is 0 Å². The number of nitrogens with zero attached hydrogens (tertiary/aromatic N) is 2. The van der Waals surface area contributed by atoms with Crippen molar-refractivity contribution in [2.75, 3.05) is 0 Å². The minimum Gasteiger partial charge on any atom is -0.492 e. The molecular formula is C16H16N2OS. The fourth-order valence-corrected chi connectivity index (χ4v) is 3.84. The molecule has 0 saturated heterocycles. The van der Waals surface area contributed by atoms with Crippen molar-refractivity contribution in [3.8, 4) is 16.5 Å². The molecular weight excluding hydrogens is 268 g/mol. The van der Waals surface area contributed by atoms with Gasteiger partial charge in [-0.1, -0.05) is 17.7 Å². The first-order valence-corrected chi connectivity index (χ1v) is 7.32. The Morgan fingerprint density at radius 1 is 1.00 bits per heavy atom. The fourth-order valence-electron chi connectivity index (χ4n) is 2.64. The Kier molecular flexibility index (Phi) is 2.98. The number of benzene rings is 1. The van der Waals surface area contributed by atoms with E-state index in [1.807, 2.05) is 6.92 Å². The average Bonchev–Trinajstić information content (AvgIpc) is 2.78. The zero-order chi connectivity index (χ0) is 14.4. The van der Waals surface area contributed by atoms with E-state index in [0.29, 0.717) is 0 Å². The molecule has 3 aromatic rings. The van der Waals surface area contributed by atoms with Crippen LogP contribution in [-0.4, -0.2) is 15.1 Å². The van der Waals surface area contributed by atoms with Crippen LogP contribution in [0.25, 0.3) is 20.8 Å². The predicted molar refractivity (Wildman–Crippen MR) is 83.5 cm³/mol. The summed E-state index contributed by atoms with van der Waals surface area (Å²) < 4.78 is 0.763. The van der Waals surface area contributed by atoms with Gasteiger partial charge in [-0.25, -0.2) is 9.97 Å². The summed E-state index contributed by atoms with van der Waals surface area (Å²) in [5.74, 6) is 0.0665. The predicted octanol–water partition coefficient (Wildman–Crippen LogP) is 4.30. The van der Waals surface area contributed by atoms with E-state index >= 15 is 0 Å². The number of hydrogen-bond acceptors (Lipinski definition) is 4. The van der Waals surface area contributed by atoms with Crippen LogP contribution in [0.5, 0.6) is 5.88 Å². The molecule has 0 atom stereocenters. The van der Waals surface area contributed by atoms with Crippen LogP contribution in [0.15, 0.2) is 18.3 Å². The summed E-state index contributed by atoms with van der Waals surface area (Å²) in [7, 11) is 0. The van der Waals surface area contributed by atoms with Gasteiger partial charge in [0.15, 0.2) is 0 Å². The highest BCUT2D eigenvalue weighted by molar-refractivity contribution is 7.22. The SMILES string of the molecule is Cc1cc(C)c(-c2nc3c(C)cnc(O)c3s2)c(C)c1. The van der Waals surface area contributed by atoms with Crippen molar-refractivity contribution >= 4 is 21.6 Å². The lowest BCUT2D eigenvalue weighted by atomic mass is 10.0. The Labute approximate surface area is 122 Å². The standard InChI is InChI=1S/C16H16N2OS/c1-8-5-9(2)12(10(3)6-8)16-18-13-11(4)7-17-15(19)14(13)20-16/h5-7H,1-4H3,(H,17,19). The first-order chi connectivity index (χ1) is 9.47. The maximum Gasteiger partial charge on any atom is 0.230 e. The second-order valence-electron chi connectivity index (χ2n) is 5.24. The first-order valence-electron chi connectivity index (χ1n) is 6.50. The molecule has 0 aliphatic heterocycles. The summed E-state index contributed by atoms with van der Waals surface area (Å²) in [5, 5.41) is 10.8. The van der Waals surface area contributed by atoms with Crippen molar-refractivity contribution in [1.29, 1.82) is 0 Å². The van der Waals surface area contributed by atoms with Crippen molar-refractivity contribution in [1.82, 2.24) is 9.97 Å². The Morgan fingerprint density at radius 2 is 1.65 bits per heavy atom. The minimum atomic E-state index is 0.0665. The third-order valence-electron chi connectivity index (χ3n) is 3.48. The molecule has 4 heteroatoms. The van der Waals surface area contributed by atoms with Gasteiger partial charge in [0.25, 0.3) is 0 Å². The van der Waals surface area contributed by atoms with E-state index in [2.05, 4.69) is 37.9 Å². The van der Waals surface area contributed by atoms with Gasteiger partial charge >= 0.3 is 0 Å². The monoisotopic (exact) mass is 284 g/mol. The first kappa shape index (κ1) is 13.1. The Morgan fingerprint density at radius 3 is 2.25 bits per heavy atom. The summed E-state index contributed by atoms with van der Waals surface area (Å²) in [5.41, 5.74) is 6.68. The molecule has 0 spiro atoms. The molecule has 3 rings (SSSR count). The molecule has 0 aliphatic carbocycles. The van der Waals surface area contributed by atoms with E-state index in [9.17, 15) is 5.11 Å². The van der Waals surface area contributed by atoms with Crippen LogP contribution in [-0.2, 0) is 0 Å². The zero-order valence-corrected chi connectivity index (χ0v) is 12.8. The summed E-state index contributed by atoms with van der Waals surface area (Å²) in [4.78, 5) is 8.71. The number of aromatic hydroxyl groups is 1. The molecule has 102 valence electrons. The molecule has 0 bridgehead atoms. The lowest BCUT2D eigenvalue weighted by Gasteiger charge is -2.08. The summed E-state index contributed by atoms with van der Waals surface area (Å²) in [6, 6.07) is 4.33. The van der Waals surface area contributed by atoms with E-state index in [1.165, 1.54) is 28.0 Å². The number of aromatic nitrogens is 2. The van der Waals surface area contributed by atoms with Crippen LogP contribution < -0.4 is 0 Å². The Bertz CT molecular complexity index is 759. The summed E-state index contributed by atoms with van der Waals surface area (Å²) in [6.07, 6.45) is 1.66. The number of rotatable bonds is 1. The second kappa shape index (κ2) is 4.56. The van der Waals surface area contributed by atoms with Gasteiger partial charge in [-0.05, 0) is 44.4 Å². The summed E-state index contributed by atoms with van der Waals surface area (Å²) in [6.45, 7) is 8.27. The third-order valence-corrected chi connectivity index (χ3v) is 4.54. The van der Waals surface area contributed by atoms with Crippen LogP contribution >= 0.6 is 11.3 Å². The molecule has 0 aliphatic rings. The van der Waals surface area contributed by atoms with Gasteiger partial charge in [0.2, 0.25) is 5.88 Å². The normalized spacial score (nSPS) is 11.2. The van der Waals surface area contributed by atoms with E-state index in [-0.39, 0.29) is 5.88 Å². The Hall–Kier alpha value is -1.94. The van der Waals surface area contributed by atoms with Gasteiger partial charge in [-0.3, -0.25) is 0 Å². The van der Waals surface area contributed by atoms with Gasteiger partial charge < -0.3 is 5.11 Å². The molecule has 3 nitrogen and oxygen atoms in total. The van der Waals surface area contributed by atoms with Crippen LogP contribution in [0.2, 0.25) is 0 Å². The lowest BCUT2D eigenvalue weighted by molar-refractivity contribution is 0.461. The average molecular weight is 284 g/mol. The van der Waals surface area contributed by atoms with Crippen LogP contribution in [0, 0.1) is 27.7 Å². The molecule has 0 saturated carbocycles. The van der Waals surface area contributed by atoms with Crippen molar-refractivity contribution in [3.05, 3.63) is 40.6 Å². The van der Waals surface area contributed by atoms with Gasteiger partial charge in [0, 0.05) is 11.8 Å². The number of hydrogen-bond donors (Lipinski definition) is 1. The third kappa shape index (κ3) is 1.96. The van der Waals surface area contributed by atoms with Crippen molar-refractivity contribution < 1.29 is 5.11 Å².